The van der Waals surface area contributed by atoms with E-state index >= 15 is 0 Å². The maximum Gasteiger partial charge on any atom is 0.153 e. The van der Waals surface area contributed by atoms with Crippen LogP contribution in [0.15, 0.2) is 16.6 Å². The van der Waals surface area contributed by atoms with E-state index in [9.17, 15) is 9.18 Å². The molecular formula is C9H8BrFO2. The first kappa shape index (κ1) is 10.2. The number of benzene rings is 1. The van der Waals surface area contributed by atoms with Gasteiger partial charge in [0.1, 0.15) is 11.6 Å². The van der Waals surface area contributed by atoms with Gasteiger partial charge in [-0.1, -0.05) is 0 Å². The van der Waals surface area contributed by atoms with Crippen LogP contribution in [0, 0.1) is 5.82 Å². The van der Waals surface area contributed by atoms with Gasteiger partial charge in [0.15, 0.2) is 6.29 Å². The molecule has 0 atom stereocenters. The van der Waals surface area contributed by atoms with Gasteiger partial charge in [-0.25, -0.2) is 4.39 Å². The third kappa shape index (κ3) is 2.28. The maximum atomic E-state index is 12.8. The Morgan fingerprint density at radius 1 is 1.62 bits per heavy atom. The van der Waals surface area contributed by atoms with E-state index in [1.807, 2.05) is 0 Å². The van der Waals surface area contributed by atoms with Gasteiger partial charge in [0.05, 0.1) is 16.6 Å². The highest BCUT2D eigenvalue weighted by Gasteiger charge is 2.09. The molecule has 0 saturated heterocycles. The molecular weight excluding hydrogens is 239 g/mol. The van der Waals surface area contributed by atoms with E-state index in [1.54, 1.807) is 6.92 Å². The van der Waals surface area contributed by atoms with Crippen LogP contribution in [0.5, 0.6) is 5.75 Å². The molecule has 1 aromatic carbocycles. The quantitative estimate of drug-likeness (QED) is 0.767. The molecule has 0 heterocycles. The second kappa shape index (κ2) is 4.37. The second-order valence-corrected chi connectivity index (χ2v) is 3.21. The van der Waals surface area contributed by atoms with Crippen LogP contribution < -0.4 is 4.74 Å². The van der Waals surface area contributed by atoms with Crippen LogP contribution in [-0.2, 0) is 0 Å². The highest BCUT2D eigenvalue weighted by Crippen LogP contribution is 2.29. The average Bonchev–Trinajstić information content (AvgIpc) is 2.09. The topological polar surface area (TPSA) is 26.3 Å². The highest BCUT2D eigenvalue weighted by molar-refractivity contribution is 9.10. The minimum absolute atomic E-state index is 0.216. The molecule has 0 amide bonds. The van der Waals surface area contributed by atoms with Crippen LogP contribution >= 0.6 is 15.9 Å². The normalized spacial score (nSPS) is 9.77. The van der Waals surface area contributed by atoms with Crippen molar-refractivity contribution in [1.29, 1.82) is 0 Å². The fourth-order valence-electron chi connectivity index (χ4n) is 0.964. The molecule has 0 aromatic heterocycles. The summed E-state index contributed by atoms with van der Waals surface area (Å²) < 4.78 is 18.4. The highest BCUT2D eigenvalue weighted by atomic mass is 79.9. The molecule has 0 bridgehead atoms. The molecule has 1 rings (SSSR count). The van der Waals surface area contributed by atoms with Crippen molar-refractivity contribution in [1.82, 2.24) is 0 Å². The molecule has 0 aliphatic carbocycles. The van der Waals surface area contributed by atoms with Crippen LogP contribution in [0.3, 0.4) is 0 Å². The Kier molecular flexibility index (Phi) is 3.42. The van der Waals surface area contributed by atoms with Crippen molar-refractivity contribution >= 4 is 22.2 Å². The van der Waals surface area contributed by atoms with Crippen LogP contribution in [0.25, 0.3) is 0 Å². The lowest BCUT2D eigenvalue weighted by molar-refractivity contribution is 0.111. The molecule has 0 aliphatic rings. The number of halogens is 2. The van der Waals surface area contributed by atoms with E-state index in [0.29, 0.717) is 23.1 Å². The van der Waals surface area contributed by atoms with Gasteiger partial charge in [-0.15, -0.1) is 0 Å². The van der Waals surface area contributed by atoms with E-state index in [4.69, 9.17) is 4.74 Å². The molecule has 0 radical (unpaired) electrons. The molecule has 0 fully saturated rings. The molecule has 13 heavy (non-hydrogen) atoms. The van der Waals surface area contributed by atoms with E-state index in [2.05, 4.69) is 15.9 Å². The fourth-order valence-corrected chi connectivity index (χ4v) is 1.53. The maximum absolute atomic E-state index is 12.8. The average molecular weight is 247 g/mol. The molecule has 0 aliphatic heterocycles. The van der Waals surface area contributed by atoms with E-state index in [0.717, 1.165) is 6.07 Å². The number of ether oxygens (including phenoxy) is 1. The lowest BCUT2D eigenvalue weighted by Crippen LogP contribution is -1.97. The van der Waals surface area contributed by atoms with Gasteiger partial charge in [0, 0.05) is 0 Å². The Labute approximate surface area is 83.8 Å². The molecule has 0 saturated carbocycles. The van der Waals surface area contributed by atoms with E-state index in [-0.39, 0.29) is 5.56 Å². The van der Waals surface area contributed by atoms with Gasteiger partial charge in [-0.05, 0) is 35.0 Å². The summed E-state index contributed by atoms with van der Waals surface area (Å²) in [6.07, 6.45) is 0.568. The number of hydrogen-bond acceptors (Lipinski definition) is 2. The number of carbonyl (C=O) groups excluding carboxylic acids is 1. The Hall–Kier alpha value is -0.900. The zero-order valence-corrected chi connectivity index (χ0v) is 8.60. The first-order chi connectivity index (χ1) is 6.19. The SMILES string of the molecule is CCOc1c(Br)cc(F)cc1C=O. The van der Waals surface area contributed by atoms with E-state index in [1.165, 1.54) is 6.07 Å². The summed E-state index contributed by atoms with van der Waals surface area (Å²) in [6, 6.07) is 2.40. The Balaban J connectivity index is 3.21. The summed E-state index contributed by atoms with van der Waals surface area (Å²) in [5.74, 6) is -0.0728. The summed E-state index contributed by atoms with van der Waals surface area (Å²) >= 11 is 3.12. The minimum Gasteiger partial charge on any atom is -0.492 e. The van der Waals surface area contributed by atoms with Gasteiger partial charge in [0.25, 0.3) is 0 Å². The lowest BCUT2D eigenvalue weighted by atomic mass is 10.2. The number of carbonyl (C=O) groups is 1. The predicted octanol–water partition coefficient (Wildman–Crippen LogP) is 2.80. The zero-order valence-electron chi connectivity index (χ0n) is 7.01. The first-order valence-corrected chi connectivity index (χ1v) is 4.55. The molecule has 0 spiro atoms. The van der Waals surface area contributed by atoms with Gasteiger partial charge in [-0.3, -0.25) is 4.79 Å². The first-order valence-electron chi connectivity index (χ1n) is 3.76. The summed E-state index contributed by atoms with van der Waals surface area (Å²) in [4.78, 5) is 10.5. The lowest BCUT2D eigenvalue weighted by Gasteiger charge is -2.07. The second-order valence-electron chi connectivity index (χ2n) is 2.36. The van der Waals surface area contributed by atoms with Gasteiger partial charge in [-0.2, -0.15) is 0 Å². The summed E-state index contributed by atoms with van der Waals surface area (Å²) in [7, 11) is 0. The minimum atomic E-state index is -0.461. The predicted molar refractivity (Wildman–Crippen MR) is 50.7 cm³/mol. The summed E-state index contributed by atoms with van der Waals surface area (Å²) in [5.41, 5.74) is 0.216. The van der Waals surface area contributed by atoms with Crippen molar-refractivity contribution in [2.45, 2.75) is 6.92 Å². The third-order valence-corrected chi connectivity index (χ3v) is 2.04. The molecule has 0 unspecified atom stereocenters. The van der Waals surface area contributed by atoms with Crippen LogP contribution in [0.1, 0.15) is 17.3 Å². The number of hydrogen-bond donors (Lipinski definition) is 0. The van der Waals surface area contributed by atoms with Crippen molar-refractivity contribution < 1.29 is 13.9 Å². The zero-order chi connectivity index (χ0) is 9.84. The van der Waals surface area contributed by atoms with Crippen molar-refractivity contribution in [3.8, 4) is 5.75 Å². The standard InChI is InChI=1S/C9H8BrFO2/c1-2-13-9-6(5-12)3-7(11)4-8(9)10/h3-5H,2H2,1H3. The van der Waals surface area contributed by atoms with Crippen molar-refractivity contribution in [3.63, 3.8) is 0 Å². The summed E-state index contributed by atoms with van der Waals surface area (Å²) in [6.45, 7) is 2.23. The fraction of sp³-hybridized carbons (Fsp3) is 0.222. The number of rotatable bonds is 3. The Morgan fingerprint density at radius 3 is 2.85 bits per heavy atom. The molecule has 1 aromatic rings. The smallest absolute Gasteiger partial charge is 0.153 e. The van der Waals surface area contributed by atoms with Gasteiger partial charge >= 0.3 is 0 Å². The van der Waals surface area contributed by atoms with E-state index < -0.39 is 5.82 Å². The number of aldehydes is 1. The Bertz CT molecular complexity index is 326. The Morgan fingerprint density at radius 2 is 2.31 bits per heavy atom. The molecule has 4 heteroatoms. The van der Waals surface area contributed by atoms with Crippen LogP contribution in [0.2, 0.25) is 0 Å². The molecule has 2 nitrogen and oxygen atoms in total. The molecule has 0 N–H and O–H groups in total. The largest absolute Gasteiger partial charge is 0.492 e. The summed E-state index contributed by atoms with van der Waals surface area (Å²) in [5, 5.41) is 0. The third-order valence-electron chi connectivity index (χ3n) is 1.45. The van der Waals surface area contributed by atoms with Gasteiger partial charge in [0.2, 0.25) is 0 Å². The van der Waals surface area contributed by atoms with Crippen molar-refractivity contribution in [2.24, 2.45) is 0 Å². The van der Waals surface area contributed by atoms with Gasteiger partial charge < -0.3 is 4.74 Å². The van der Waals surface area contributed by atoms with Crippen molar-refractivity contribution in [3.05, 3.63) is 28.0 Å². The van der Waals surface area contributed by atoms with Crippen LogP contribution in [0.4, 0.5) is 4.39 Å². The van der Waals surface area contributed by atoms with Crippen LogP contribution in [-0.4, -0.2) is 12.9 Å². The monoisotopic (exact) mass is 246 g/mol. The van der Waals surface area contributed by atoms with Crippen molar-refractivity contribution in [2.75, 3.05) is 6.61 Å². The molecule has 70 valence electrons.